The molecule has 1 aliphatic carbocycles. The van der Waals surface area contributed by atoms with Crippen molar-refractivity contribution in [1.29, 1.82) is 0 Å². The first kappa shape index (κ1) is 28.4. The van der Waals surface area contributed by atoms with Crippen LogP contribution in [0.5, 0.6) is 0 Å². The molecule has 0 saturated carbocycles. The molecule has 6 nitrogen and oxygen atoms in total. The van der Waals surface area contributed by atoms with Crippen LogP contribution in [0.25, 0.3) is 5.57 Å². The van der Waals surface area contributed by atoms with Gasteiger partial charge in [0.05, 0.1) is 17.4 Å². The summed E-state index contributed by atoms with van der Waals surface area (Å²) >= 11 is 0. The minimum Gasteiger partial charge on any atom is -0.395 e. The molecule has 0 fully saturated rings. The fourth-order valence-corrected chi connectivity index (χ4v) is 4.54. The molecule has 0 saturated heterocycles. The number of carbonyl (C=O) groups is 1. The van der Waals surface area contributed by atoms with E-state index >= 15 is 0 Å². The molecule has 2 N–H and O–H groups in total. The van der Waals surface area contributed by atoms with Crippen LogP contribution in [0, 0.1) is 0 Å². The first-order valence-electron chi connectivity index (χ1n) is 10.6. The van der Waals surface area contributed by atoms with Crippen molar-refractivity contribution in [1.82, 2.24) is 5.32 Å². The normalized spacial score (nSPS) is 19.6. The largest absolute Gasteiger partial charge is 0.523 e. The fraction of sp³-hybridized carbons (Fsp3) is 0.292. The third kappa shape index (κ3) is 6.40. The predicted molar refractivity (Wildman–Crippen MR) is 121 cm³/mol. The Morgan fingerprint density at radius 2 is 1.62 bits per heavy atom. The van der Waals surface area contributed by atoms with Gasteiger partial charge < -0.3 is 10.4 Å². The third-order valence-electron chi connectivity index (χ3n) is 5.65. The third-order valence-corrected chi connectivity index (χ3v) is 6.78. The van der Waals surface area contributed by atoms with Crippen LogP contribution in [-0.4, -0.2) is 50.4 Å². The number of benzene rings is 2. The number of hydrogen-bond acceptors (Lipinski definition) is 5. The van der Waals surface area contributed by atoms with E-state index in [9.17, 15) is 44.7 Å². The highest BCUT2D eigenvalue weighted by Gasteiger charge is 2.64. The number of carbonyl (C=O) groups excluding carboxylic acids is 1. The van der Waals surface area contributed by atoms with Crippen LogP contribution >= 0.6 is 0 Å². The maximum Gasteiger partial charge on any atom is 0.523 e. The summed E-state index contributed by atoms with van der Waals surface area (Å²) in [5.41, 5.74) is -5.22. The number of allylic oxidation sites excluding steroid dienone is 2. The number of aliphatic hydroxyl groups is 1. The van der Waals surface area contributed by atoms with Crippen LogP contribution in [0.2, 0.25) is 0 Å². The molecule has 0 heterocycles. The molecule has 0 aromatic heterocycles. The Bertz CT molecular complexity index is 1300. The van der Waals surface area contributed by atoms with Gasteiger partial charge in [0.25, 0.3) is 0 Å². The summed E-state index contributed by atoms with van der Waals surface area (Å²) in [6, 6.07) is 11.4. The number of rotatable bonds is 7. The van der Waals surface area contributed by atoms with Gasteiger partial charge >= 0.3 is 12.5 Å². The first-order chi connectivity index (χ1) is 17.1. The van der Waals surface area contributed by atoms with Crippen LogP contribution in [0.15, 0.2) is 77.3 Å². The molecular weight excluding hydrogens is 528 g/mol. The Kier molecular flexibility index (Phi) is 7.91. The van der Waals surface area contributed by atoms with E-state index in [0.29, 0.717) is 0 Å². The summed E-state index contributed by atoms with van der Waals surface area (Å²) in [4.78, 5) is 12.8. The van der Waals surface area contributed by atoms with Gasteiger partial charge in [0, 0.05) is 23.9 Å². The zero-order valence-corrected chi connectivity index (χ0v) is 19.9. The van der Waals surface area contributed by atoms with Gasteiger partial charge in [-0.2, -0.15) is 13.2 Å². The van der Waals surface area contributed by atoms with Crippen LogP contribution in [0.4, 0.5) is 26.3 Å². The summed E-state index contributed by atoms with van der Waals surface area (Å²) in [6.07, 6.45) is -9.85. The van der Waals surface area contributed by atoms with Crippen LogP contribution in [-0.2, 0) is 19.4 Å². The second-order valence-electron chi connectivity index (χ2n) is 8.25. The lowest BCUT2D eigenvalue weighted by Gasteiger charge is -2.40. The van der Waals surface area contributed by atoms with Gasteiger partial charge in [-0.05, 0) is 29.3 Å². The van der Waals surface area contributed by atoms with E-state index in [2.05, 4.69) is 10.1 Å². The highest BCUT2D eigenvalue weighted by molar-refractivity contribution is 7.90. The zero-order valence-electron chi connectivity index (χ0n) is 19.1. The average molecular weight is 549 g/mol. The molecule has 0 radical (unpaired) electrons. The van der Waals surface area contributed by atoms with Crippen molar-refractivity contribution in [3.63, 3.8) is 0 Å². The van der Waals surface area contributed by atoms with Crippen molar-refractivity contribution in [3.05, 3.63) is 83.6 Å². The van der Waals surface area contributed by atoms with Crippen molar-refractivity contribution in [2.75, 3.05) is 12.9 Å². The van der Waals surface area contributed by atoms with E-state index in [-0.39, 0.29) is 16.0 Å². The zero-order chi connectivity index (χ0) is 27.6. The fourth-order valence-electron chi connectivity index (χ4n) is 3.91. The van der Waals surface area contributed by atoms with Gasteiger partial charge in [0.2, 0.25) is 11.5 Å². The Balaban J connectivity index is 1.99. The summed E-state index contributed by atoms with van der Waals surface area (Å²) in [6.45, 7) is -0.814. The van der Waals surface area contributed by atoms with Crippen molar-refractivity contribution in [2.45, 2.75) is 35.4 Å². The molecule has 1 amide bonds. The quantitative estimate of drug-likeness (QED) is 0.497. The van der Waals surface area contributed by atoms with Crippen molar-refractivity contribution in [2.24, 2.45) is 0 Å². The van der Waals surface area contributed by atoms with E-state index in [0.717, 1.165) is 18.4 Å². The molecule has 2 aromatic rings. The second kappa shape index (κ2) is 10.3. The maximum absolute atomic E-state index is 14.3. The summed E-state index contributed by atoms with van der Waals surface area (Å²) in [7, 11) is -3.56. The van der Waals surface area contributed by atoms with Crippen LogP contribution < -0.4 is 5.32 Å². The monoisotopic (exact) mass is 549 g/mol. The smallest absolute Gasteiger partial charge is 0.395 e. The summed E-state index contributed by atoms with van der Waals surface area (Å²) in [5, 5.41) is 11.9. The summed E-state index contributed by atoms with van der Waals surface area (Å²) < 4.78 is 110. The first-order valence-corrected chi connectivity index (χ1v) is 12.5. The van der Waals surface area contributed by atoms with E-state index < -0.39 is 64.1 Å². The van der Waals surface area contributed by atoms with Crippen molar-refractivity contribution >= 4 is 21.3 Å². The molecule has 0 spiro atoms. The Hall–Kier alpha value is -3.16. The number of amides is 1. The number of hydrogen-bond donors (Lipinski definition) is 2. The molecule has 0 aliphatic heterocycles. The number of nitrogens with one attached hydrogen (secondary N) is 1. The number of sulfone groups is 1. The Morgan fingerprint density at radius 3 is 2.11 bits per heavy atom. The average Bonchev–Trinajstić information content (AvgIpc) is 2.78. The van der Waals surface area contributed by atoms with Crippen LogP contribution in [0.1, 0.15) is 23.5 Å². The van der Waals surface area contributed by atoms with E-state index in [4.69, 9.17) is 0 Å². The molecule has 2 atom stereocenters. The van der Waals surface area contributed by atoms with Gasteiger partial charge in [0.1, 0.15) is 0 Å². The molecule has 13 heteroatoms. The van der Waals surface area contributed by atoms with Crippen molar-refractivity contribution < 1.29 is 49.4 Å². The topological polar surface area (TPSA) is 92.7 Å². The molecular formula is C24H21F6NO5S. The lowest BCUT2D eigenvalue weighted by molar-refractivity contribution is -0.399. The maximum atomic E-state index is 14.3. The molecule has 3 rings (SSSR count). The number of halogens is 6. The standard InChI is InChI=1S/C24H21F6NO5S/c1-37(34,35)18-10-7-15(8-11-18)19(14-32)21(33)31-17-9-12-20(16-5-3-2-4-6-16)22(13-17,23(25,26)27)36-24(28,29)30/h2-12,19,32H,13-14H2,1H3,(H,31,33). The Labute approximate surface area is 208 Å². The lowest BCUT2D eigenvalue weighted by atomic mass is 9.80. The highest BCUT2D eigenvalue weighted by Crippen LogP contribution is 2.51. The van der Waals surface area contributed by atoms with Gasteiger partial charge in [-0.3, -0.25) is 9.53 Å². The minimum absolute atomic E-state index is 0.0684. The van der Waals surface area contributed by atoms with Gasteiger partial charge in [-0.1, -0.05) is 48.5 Å². The molecule has 2 aromatic carbocycles. The van der Waals surface area contributed by atoms with Gasteiger partial charge in [0.15, 0.2) is 9.84 Å². The molecule has 2 unspecified atom stereocenters. The Morgan fingerprint density at radius 1 is 1.03 bits per heavy atom. The van der Waals surface area contributed by atoms with Crippen LogP contribution in [0.3, 0.4) is 0 Å². The highest BCUT2D eigenvalue weighted by atomic mass is 32.2. The summed E-state index contributed by atoms with van der Waals surface area (Å²) in [5.74, 6) is -2.36. The second-order valence-corrected chi connectivity index (χ2v) is 10.3. The van der Waals surface area contributed by atoms with Crippen molar-refractivity contribution in [3.8, 4) is 0 Å². The van der Waals surface area contributed by atoms with Gasteiger partial charge in [-0.15, -0.1) is 13.2 Å². The van der Waals surface area contributed by atoms with E-state index in [1.807, 2.05) is 0 Å². The molecule has 37 heavy (non-hydrogen) atoms. The van der Waals surface area contributed by atoms with E-state index in [1.165, 1.54) is 54.6 Å². The predicted octanol–water partition coefficient (Wildman–Crippen LogP) is 4.49. The molecule has 1 aliphatic rings. The van der Waals surface area contributed by atoms with Gasteiger partial charge in [-0.25, -0.2) is 8.42 Å². The lowest BCUT2D eigenvalue weighted by Crippen LogP contribution is -2.53. The molecule has 200 valence electrons. The molecule has 0 bridgehead atoms. The number of ether oxygens (including phenoxy) is 1. The minimum atomic E-state index is -5.68. The number of alkyl halides is 6. The van der Waals surface area contributed by atoms with E-state index in [1.54, 1.807) is 0 Å². The SMILES string of the molecule is CS(=O)(=O)c1ccc(C(CO)C(=O)NC2=CC=C(c3ccccc3)C(OC(F)(F)F)(C(F)(F)F)C2)cc1. The number of aliphatic hydroxyl groups excluding tert-OH is 1.